The molecule has 1 amide bonds. The Morgan fingerprint density at radius 2 is 2.27 bits per heavy atom. The lowest BCUT2D eigenvalue weighted by Gasteiger charge is -2.20. The van der Waals surface area contributed by atoms with E-state index in [0.29, 0.717) is 18.8 Å². The molecule has 1 rings (SSSR count). The van der Waals surface area contributed by atoms with E-state index in [9.17, 15) is 4.79 Å². The van der Waals surface area contributed by atoms with Crippen LogP contribution in [0.15, 0.2) is 24.4 Å². The van der Waals surface area contributed by atoms with Gasteiger partial charge in [0.15, 0.2) is 0 Å². The standard InChI is InChI=1S/C11H17N3O/c1-2-8-14(9-6-12)11(15)10-5-3-4-7-13-10/h3-5,7H,2,6,8-9,12H2,1H3. The summed E-state index contributed by atoms with van der Waals surface area (Å²) in [5, 5.41) is 0. The molecule has 2 N–H and O–H groups in total. The lowest BCUT2D eigenvalue weighted by molar-refractivity contribution is 0.0754. The van der Waals surface area contributed by atoms with Gasteiger partial charge in [0.1, 0.15) is 5.69 Å². The van der Waals surface area contributed by atoms with Crippen molar-refractivity contribution in [3.05, 3.63) is 30.1 Å². The molecule has 0 atom stereocenters. The van der Waals surface area contributed by atoms with Gasteiger partial charge in [-0.2, -0.15) is 0 Å². The minimum absolute atomic E-state index is 0.0390. The average Bonchev–Trinajstić information content (AvgIpc) is 2.29. The summed E-state index contributed by atoms with van der Waals surface area (Å²) in [4.78, 5) is 17.7. The van der Waals surface area contributed by atoms with Crippen molar-refractivity contribution in [3.63, 3.8) is 0 Å². The number of amides is 1. The maximum Gasteiger partial charge on any atom is 0.272 e. The molecule has 4 heteroatoms. The van der Waals surface area contributed by atoms with Crippen LogP contribution in [0.3, 0.4) is 0 Å². The minimum atomic E-state index is -0.0390. The van der Waals surface area contributed by atoms with Crippen LogP contribution < -0.4 is 5.73 Å². The number of hydrogen-bond donors (Lipinski definition) is 1. The summed E-state index contributed by atoms with van der Waals surface area (Å²) < 4.78 is 0. The van der Waals surface area contributed by atoms with E-state index >= 15 is 0 Å². The Labute approximate surface area is 90.1 Å². The highest BCUT2D eigenvalue weighted by Gasteiger charge is 2.14. The molecule has 0 aliphatic heterocycles. The van der Waals surface area contributed by atoms with Crippen LogP contribution in [0.5, 0.6) is 0 Å². The van der Waals surface area contributed by atoms with Crippen molar-refractivity contribution in [2.75, 3.05) is 19.6 Å². The lowest BCUT2D eigenvalue weighted by atomic mass is 10.3. The van der Waals surface area contributed by atoms with Gasteiger partial charge in [-0.05, 0) is 18.6 Å². The normalized spacial score (nSPS) is 10.0. The van der Waals surface area contributed by atoms with Gasteiger partial charge in [0, 0.05) is 25.8 Å². The van der Waals surface area contributed by atoms with Gasteiger partial charge in [-0.3, -0.25) is 9.78 Å². The van der Waals surface area contributed by atoms with E-state index in [1.54, 1.807) is 23.2 Å². The van der Waals surface area contributed by atoms with Crippen LogP contribution in [-0.2, 0) is 0 Å². The molecule has 1 heterocycles. The predicted molar refractivity (Wildman–Crippen MR) is 59.5 cm³/mol. The second kappa shape index (κ2) is 6.14. The van der Waals surface area contributed by atoms with E-state index in [2.05, 4.69) is 4.98 Å². The number of rotatable bonds is 5. The Morgan fingerprint density at radius 3 is 2.80 bits per heavy atom. The monoisotopic (exact) mass is 207 g/mol. The van der Waals surface area contributed by atoms with Gasteiger partial charge in [-0.15, -0.1) is 0 Å². The number of carbonyl (C=O) groups is 1. The third kappa shape index (κ3) is 3.32. The van der Waals surface area contributed by atoms with Crippen molar-refractivity contribution >= 4 is 5.91 Å². The molecule has 1 aromatic heterocycles. The average molecular weight is 207 g/mol. The van der Waals surface area contributed by atoms with Gasteiger partial charge >= 0.3 is 0 Å². The van der Waals surface area contributed by atoms with E-state index in [1.165, 1.54) is 0 Å². The lowest BCUT2D eigenvalue weighted by Crippen LogP contribution is -2.36. The van der Waals surface area contributed by atoms with Gasteiger partial charge in [0.25, 0.3) is 5.91 Å². The van der Waals surface area contributed by atoms with Crippen molar-refractivity contribution in [1.82, 2.24) is 9.88 Å². The third-order valence-corrected chi connectivity index (χ3v) is 2.06. The predicted octanol–water partition coefficient (Wildman–Crippen LogP) is 0.892. The molecule has 0 spiro atoms. The molecule has 15 heavy (non-hydrogen) atoms. The third-order valence-electron chi connectivity index (χ3n) is 2.06. The van der Waals surface area contributed by atoms with Gasteiger partial charge in [-0.25, -0.2) is 0 Å². The Morgan fingerprint density at radius 1 is 1.47 bits per heavy atom. The van der Waals surface area contributed by atoms with Crippen LogP contribution in [0.1, 0.15) is 23.8 Å². The molecule has 82 valence electrons. The first-order chi connectivity index (χ1) is 7.29. The topological polar surface area (TPSA) is 59.2 Å². The van der Waals surface area contributed by atoms with Crippen LogP contribution in [0, 0.1) is 0 Å². The number of hydrogen-bond acceptors (Lipinski definition) is 3. The van der Waals surface area contributed by atoms with Crippen LogP contribution in [-0.4, -0.2) is 35.4 Å². The van der Waals surface area contributed by atoms with Gasteiger partial charge < -0.3 is 10.6 Å². The molecular formula is C11H17N3O. The molecule has 0 fully saturated rings. The number of carbonyl (C=O) groups excluding carboxylic acids is 1. The van der Waals surface area contributed by atoms with Crippen LogP contribution in [0.4, 0.5) is 0 Å². The zero-order valence-corrected chi connectivity index (χ0v) is 9.02. The highest BCUT2D eigenvalue weighted by atomic mass is 16.2. The van der Waals surface area contributed by atoms with Crippen LogP contribution in [0.2, 0.25) is 0 Å². The summed E-state index contributed by atoms with van der Waals surface area (Å²) in [7, 11) is 0. The molecule has 0 aliphatic rings. The molecule has 0 aliphatic carbocycles. The maximum absolute atomic E-state index is 11.9. The zero-order chi connectivity index (χ0) is 11.1. The number of pyridine rings is 1. The second-order valence-corrected chi connectivity index (χ2v) is 3.30. The molecule has 1 aromatic rings. The largest absolute Gasteiger partial charge is 0.336 e. The van der Waals surface area contributed by atoms with Crippen LogP contribution in [0.25, 0.3) is 0 Å². The van der Waals surface area contributed by atoms with Gasteiger partial charge in [0.2, 0.25) is 0 Å². The summed E-state index contributed by atoms with van der Waals surface area (Å²) in [6.45, 7) is 3.84. The van der Waals surface area contributed by atoms with E-state index in [4.69, 9.17) is 5.73 Å². The number of aromatic nitrogens is 1. The highest BCUT2D eigenvalue weighted by molar-refractivity contribution is 5.92. The molecule has 0 aromatic carbocycles. The first-order valence-electron chi connectivity index (χ1n) is 5.20. The zero-order valence-electron chi connectivity index (χ0n) is 9.02. The molecule has 0 bridgehead atoms. The molecule has 4 nitrogen and oxygen atoms in total. The fourth-order valence-corrected chi connectivity index (χ4v) is 1.39. The maximum atomic E-state index is 11.9. The van der Waals surface area contributed by atoms with Crippen LogP contribution >= 0.6 is 0 Å². The molecule has 0 unspecified atom stereocenters. The summed E-state index contributed by atoms with van der Waals surface area (Å²) in [6.07, 6.45) is 2.55. The van der Waals surface area contributed by atoms with E-state index in [1.807, 2.05) is 13.0 Å². The van der Waals surface area contributed by atoms with Gasteiger partial charge in [-0.1, -0.05) is 13.0 Å². The summed E-state index contributed by atoms with van der Waals surface area (Å²) >= 11 is 0. The summed E-state index contributed by atoms with van der Waals surface area (Å²) in [5.41, 5.74) is 5.95. The Bertz CT molecular complexity index is 294. The molecule has 0 saturated carbocycles. The first kappa shape index (κ1) is 11.7. The fourth-order valence-electron chi connectivity index (χ4n) is 1.39. The summed E-state index contributed by atoms with van der Waals surface area (Å²) in [6, 6.07) is 5.33. The number of nitrogens with two attached hydrogens (primary N) is 1. The van der Waals surface area contributed by atoms with Crippen molar-refractivity contribution in [2.45, 2.75) is 13.3 Å². The second-order valence-electron chi connectivity index (χ2n) is 3.30. The van der Waals surface area contributed by atoms with Crippen molar-refractivity contribution in [1.29, 1.82) is 0 Å². The Hall–Kier alpha value is -1.42. The van der Waals surface area contributed by atoms with E-state index < -0.39 is 0 Å². The SMILES string of the molecule is CCCN(CCN)C(=O)c1ccccn1. The van der Waals surface area contributed by atoms with Crippen molar-refractivity contribution in [3.8, 4) is 0 Å². The molecular weight excluding hydrogens is 190 g/mol. The Kier molecular flexibility index (Phi) is 4.77. The first-order valence-corrected chi connectivity index (χ1v) is 5.20. The smallest absolute Gasteiger partial charge is 0.272 e. The number of nitrogens with zero attached hydrogens (tertiary/aromatic N) is 2. The summed E-state index contributed by atoms with van der Waals surface area (Å²) in [5.74, 6) is -0.0390. The highest BCUT2D eigenvalue weighted by Crippen LogP contribution is 2.01. The fraction of sp³-hybridized carbons (Fsp3) is 0.455. The van der Waals surface area contributed by atoms with E-state index in [0.717, 1.165) is 13.0 Å². The van der Waals surface area contributed by atoms with Crippen molar-refractivity contribution < 1.29 is 4.79 Å². The van der Waals surface area contributed by atoms with Crippen molar-refractivity contribution in [2.24, 2.45) is 5.73 Å². The quantitative estimate of drug-likeness (QED) is 0.780. The van der Waals surface area contributed by atoms with Gasteiger partial charge in [0.05, 0.1) is 0 Å². The minimum Gasteiger partial charge on any atom is -0.336 e. The molecule has 0 radical (unpaired) electrons. The van der Waals surface area contributed by atoms with E-state index in [-0.39, 0.29) is 5.91 Å². The molecule has 0 saturated heterocycles. The Balaban J connectivity index is 2.71.